The average molecular weight is 553 g/mol. The first kappa shape index (κ1) is 26.1. The van der Waals surface area contributed by atoms with Gasteiger partial charge in [0.25, 0.3) is 5.91 Å². The summed E-state index contributed by atoms with van der Waals surface area (Å²) in [5.74, 6) is -0.638. The number of esters is 1. The summed E-state index contributed by atoms with van der Waals surface area (Å²) in [7, 11) is -3.14. The molecule has 1 amide bonds. The molecule has 1 aliphatic rings. The number of anilines is 1. The van der Waals surface area contributed by atoms with Crippen molar-refractivity contribution < 1.29 is 22.7 Å². The lowest BCUT2D eigenvalue weighted by Crippen LogP contribution is -2.15. The first-order valence-electron chi connectivity index (χ1n) is 12.5. The predicted octanol–water partition coefficient (Wildman–Crippen LogP) is 5.04. The average Bonchev–Trinajstić information content (AvgIpc) is 3.63. The van der Waals surface area contributed by atoms with Gasteiger partial charge in [-0.3, -0.25) is 4.79 Å². The zero-order chi connectivity index (χ0) is 26.9. The molecule has 1 fully saturated rings. The molecule has 0 spiro atoms. The lowest BCUT2D eigenvalue weighted by molar-refractivity contribution is 0.0499. The summed E-state index contributed by atoms with van der Waals surface area (Å²) in [5.41, 5.74) is 3.04. The van der Waals surface area contributed by atoms with Crippen molar-refractivity contribution in [1.82, 2.24) is 14.8 Å². The molecule has 4 aromatic rings. The van der Waals surface area contributed by atoms with Gasteiger partial charge in [-0.05, 0) is 61.5 Å². The zero-order valence-corrected chi connectivity index (χ0v) is 22.8. The van der Waals surface area contributed by atoms with Gasteiger partial charge >= 0.3 is 5.97 Å². The number of hydrogen-bond donors (Lipinski definition) is 1. The van der Waals surface area contributed by atoms with Crippen molar-refractivity contribution in [2.24, 2.45) is 0 Å². The Kier molecular flexibility index (Phi) is 7.31. The third-order valence-corrected chi connectivity index (χ3v) is 9.16. The Balaban J connectivity index is 1.48. The minimum atomic E-state index is -3.14. The van der Waals surface area contributed by atoms with Crippen molar-refractivity contribution in [3.63, 3.8) is 0 Å². The highest BCUT2D eigenvalue weighted by molar-refractivity contribution is 7.91. The van der Waals surface area contributed by atoms with Crippen LogP contribution in [0, 0.1) is 6.92 Å². The molecule has 3 aromatic heterocycles. The van der Waals surface area contributed by atoms with Gasteiger partial charge in [-0.15, -0.1) is 11.3 Å². The van der Waals surface area contributed by atoms with Crippen molar-refractivity contribution in [2.45, 2.75) is 39.2 Å². The topological polar surface area (TPSA) is 120 Å². The minimum absolute atomic E-state index is 0.00286. The van der Waals surface area contributed by atoms with Gasteiger partial charge in [-0.1, -0.05) is 19.4 Å². The van der Waals surface area contributed by atoms with Crippen molar-refractivity contribution >= 4 is 49.8 Å². The maximum absolute atomic E-state index is 13.6. The number of nitrogens with one attached hydrogen (secondary N) is 1. The number of rotatable bonds is 8. The van der Waals surface area contributed by atoms with Gasteiger partial charge in [0.15, 0.2) is 15.5 Å². The first-order valence-corrected chi connectivity index (χ1v) is 15.2. The van der Waals surface area contributed by atoms with Crippen LogP contribution in [0.2, 0.25) is 0 Å². The fraction of sp³-hybridized carbons (Fsp3) is 0.333. The summed E-state index contributed by atoms with van der Waals surface area (Å²) < 4.78 is 31.3. The fourth-order valence-electron chi connectivity index (χ4n) is 4.55. The van der Waals surface area contributed by atoms with E-state index in [4.69, 9.17) is 9.72 Å². The Bertz CT molecular complexity index is 1590. The van der Waals surface area contributed by atoms with E-state index < -0.39 is 15.8 Å². The number of carbonyl (C=O) groups excluding carboxylic acids is 2. The third kappa shape index (κ3) is 5.34. The summed E-state index contributed by atoms with van der Waals surface area (Å²) >= 11 is 1.50. The smallest absolute Gasteiger partial charge is 0.338 e. The van der Waals surface area contributed by atoms with E-state index in [1.54, 1.807) is 41.9 Å². The predicted molar refractivity (Wildman–Crippen MR) is 147 cm³/mol. The molecule has 1 atom stereocenters. The van der Waals surface area contributed by atoms with E-state index in [-0.39, 0.29) is 23.5 Å². The van der Waals surface area contributed by atoms with Gasteiger partial charge in [0.2, 0.25) is 0 Å². The van der Waals surface area contributed by atoms with Crippen molar-refractivity contribution in [2.75, 3.05) is 23.4 Å². The van der Waals surface area contributed by atoms with Crippen LogP contribution < -0.4 is 5.32 Å². The van der Waals surface area contributed by atoms with Crippen LogP contribution in [0.25, 0.3) is 21.6 Å². The van der Waals surface area contributed by atoms with E-state index in [0.717, 1.165) is 17.7 Å². The van der Waals surface area contributed by atoms with E-state index in [2.05, 4.69) is 10.4 Å². The molecule has 198 valence electrons. The Hall–Kier alpha value is -3.57. The molecule has 9 nitrogen and oxygen atoms in total. The van der Waals surface area contributed by atoms with Gasteiger partial charge in [-0.25, -0.2) is 22.9 Å². The monoisotopic (exact) mass is 552 g/mol. The number of amides is 1. The molecule has 38 heavy (non-hydrogen) atoms. The maximum atomic E-state index is 13.6. The Morgan fingerprint density at radius 2 is 2.00 bits per heavy atom. The van der Waals surface area contributed by atoms with Crippen LogP contribution in [0.15, 0.2) is 47.8 Å². The summed E-state index contributed by atoms with van der Waals surface area (Å²) in [4.78, 5) is 31.5. The summed E-state index contributed by atoms with van der Waals surface area (Å²) in [6.45, 7) is 4.19. The lowest BCUT2D eigenvalue weighted by Gasteiger charge is -2.12. The third-order valence-electron chi connectivity index (χ3n) is 6.52. The number of pyridine rings is 1. The molecule has 1 unspecified atom stereocenters. The van der Waals surface area contributed by atoms with Crippen molar-refractivity contribution in [3.05, 3.63) is 64.7 Å². The van der Waals surface area contributed by atoms with Gasteiger partial charge < -0.3 is 10.1 Å². The Morgan fingerprint density at radius 1 is 1.21 bits per heavy atom. The highest BCUT2D eigenvalue weighted by Crippen LogP contribution is 2.33. The van der Waals surface area contributed by atoms with Gasteiger partial charge in [-0.2, -0.15) is 5.10 Å². The fourth-order valence-corrected chi connectivity index (χ4v) is 6.92. The highest BCUT2D eigenvalue weighted by atomic mass is 32.2. The lowest BCUT2D eigenvalue weighted by atomic mass is 10.1. The second-order valence-electron chi connectivity index (χ2n) is 9.34. The van der Waals surface area contributed by atoms with E-state index in [1.165, 1.54) is 11.3 Å². The van der Waals surface area contributed by atoms with E-state index >= 15 is 0 Å². The molecule has 1 N–H and O–H groups in total. The summed E-state index contributed by atoms with van der Waals surface area (Å²) in [6.07, 6.45) is 2.20. The number of unbranched alkanes of at least 4 members (excludes halogenated alkanes) is 1. The second-order valence-corrected chi connectivity index (χ2v) is 12.5. The largest absolute Gasteiger partial charge is 0.462 e. The number of benzene rings is 1. The highest BCUT2D eigenvalue weighted by Gasteiger charge is 2.32. The molecule has 11 heteroatoms. The number of aryl methyl sites for hydroxylation is 1. The number of ether oxygens (including phenoxy) is 1. The van der Waals surface area contributed by atoms with Crippen molar-refractivity contribution in [1.29, 1.82) is 0 Å². The van der Waals surface area contributed by atoms with Crippen LogP contribution in [0.5, 0.6) is 0 Å². The number of aromatic nitrogens is 3. The van der Waals surface area contributed by atoms with Crippen LogP contribution in [-0.4, -0.2) is 53.2 Å². The summed E-state index contributed by atoms with van der Waals surface area (Å²) in [6, 6.07) is 11.8. The first-order chi connectivity index (χ1) is 18.3. The second kappa shape index (κ2) is 10.7. The minimum Gasteiger partial charge on any atom is -0.462 e. The number of thiophene rings is 1. The molecule has 0 aliphatic carbocycles. The molecule has 0 radical (unpaired) electrons. The Labute approximate surface area is 224 Å². The quantitative estimate of drug-likeness (QED) is 0.240. The molecule has 1 saturated heterocycles. The van der Waals surface area contributed by atoms with Gasteiger partial charge in [0.1, 0.15) is 0 Å². The number of carbonyl (C=O) groups is 2. The summed E-state index contributed by atoms with van der Waals surface area (Å²) in [5, 5.41) is 10.1. The number of sulfone groups is 1. The maximum Gasteiger partial charge on any atom is 0.338 e. The number of nitrogens with zero attached hydrogens (tertiary/aromatic N) is 3. The molecule has 1 aromatic carbocycles. The molecule has 4 heterocycles. The Morgan fingerprint density at radius 3 is 2.66 bits per heavy atom. The molecule has 0 bridgehead atoms. The van der Waals surface area contributed by atoms with Crippen LogP contribution in [0.4, 0.5) is 5.69 Å². The number of fused-ring (bicyclic) bond motifs is 1. The standard InChI is InChI=1S/C27H28N4O5S2/c1-3-4-12-36-27(33)18-7-9-19(10-8-18)28-26(32)21-15-22(23-6-5-13-37-23)29-25-24(21)17(2)30-31(25)20-11-14-38(34,35)16-20/h5-10,13,15,20H,3-4,11-12,14,16H2,1-2H3,(H,28,32). The SMILES string of the molecule is CCCCOC(=O)c1ccc(NC(=O)c2cc(-c3cccs3)nc3c2c(C)nn3C2CCS(=O)(=O)C2)cc1. The van der Waals surface area contributed by atoms with Gasteiger partial charge in [0, 0.05) is 5.69 Å². The molecule has 5 rings (SSSR count). The number of hydrogen-bond acceptors (Lipinski definition) is 8. The van der Waals surface area contributed by atoms with E-state index in [0.29, 0.717) is 52.3 Å². The molecule has 0 saturated carbocycles. The van der Waals surface area contributed by atoms with Crippen LogP contribution in [0.3, 0.4) is 0 Å². The van der Waals surface area contributed by atoms with E-state index in [1.807, 2.05) is 24.4 Å². The zero-order valence-electron chi connectivity index (χ0n) is 21.1. The molecular weight excluding hydrogens is 524 g/mol. The van der Waals surface area contributed by atoms with Crippen LogP contribution in [0.1, 0.15) is 58.6 Å². The van der Waals surface area contributed by atoms with Crippen molar-refractivity contribution in [3.8, 4) is 10.6 Å². The molecular formula is C27H28N4O5S2. The normalized spacial score (nSPS) is 16.5. The van der Waals surface area contributed by atoms with E-state index in [9.17, 15) is 18.0 Å². The molecule has 1 aliphatic heterocycles. The van der Waals surface area contributed by atoms with Gasteiger partial charge in [0.05, 0.1) is 56.9 Å². The van der Waals surface area contributed by atoms with Crippen LogP contribution >= 0.6 is 11.3 Å². The van der Waals surface area contributed by atoms with Crippen LogP contribution in [-0.2, 0) is 14.6 Å².